The zero-order chi connectivity index (χ0) is 14.2. The molecule has 0 spiro atoms. The minimum atomic E-state index is -0.0388. The highest BCUT2D eigenvalue weighted by Crippen LogP contribution is 2.45. The van der Waals surface area contributed by atoms with Crippen LogP contribution in [-0.2, 0) is 4.79 Å². The average Bonchev–Trinajstić information content (AvgIpc) is 2.91. The molecule has 0 aromatic carbocycles. The zero-order valence-corrected chi connectivity index (χ0v) is 14.4. The van der Waals surface area contributed by atoms with Crippen molar-refractivity contribution in [2.24, 2.45) is 23.2 Å². The van der Waals surface area contributed by atoms with Crippen LogP contribution in [0, 0.1) is 23.2 Å². The molecule has 1 amide bonds. The van der Waals surface area contributed by atoms with E-state index in [-0.39, 0.29) is 17.8 Å². The first-order valence-electron chi connectivity index (χ1n) is 8.63. The first kappa shape index (κ1) is 17.1. The van der Waals surface area contributed by atoms with E-state index in [0.717, 1.165) is 44.4 Å². The predicted octanol–water partition coefficient (Wildman–Crippen LogP) is 3.08. The monoisotopic (exact) mass is 314 g/mol. The maximum absolute atomic E-state index is 13.1. The molecule has 2 heterocycles. The highest BCUT2D eigenvalue weighted by molar-refractivity contribution is 5.85. The summed E-state index contributed by atoms with van der Waals surface area (Å²) in [4.78, 5) is 15.3. The minimum Gasteiger partial charge on any atom is -0.342 e. The lowest BCUT2D eigenvalue weighted by molar-refractivity contribution is -0.147. The molecule has 122 valence electrons. The summed E-state index contributed by atoms with van der Waals surface area (Å²) in [5.41, 5.74) is -0.0388. The summed E-state index contributed by atoms with van der Waals surface area (Å²) in [6, 6.07) is 0. The summed E-state index contributed by atoms with van der Waals surface area (Å²) in [5.74, 6) is 2.67. The van der Waals surface area contributed by atoms with Crippen molar-refractivity contribution < 1.29 is 4.79 Å². The van der Waals surface area contributed by atoms with Gasteiger partial charge in [0.05, 0.1) is 5.41 Å². The number of amides is 1. The quantitative estimate of drug-likeness (QED) is 0.849. The predicted molar refractivity (Wildman–Crippen MR) is 88.7 cm³/mol. The molecule has 0 aromatic rings. The first-order valence-corrected chi connectivity index (χ1v) is 8.63. The van der Waals surface area contributed by atoms with Crippen LogP contribution in [0.15, 0.2) is 0 Å². The normalized spacial score (nSPS) is 33.7. The molecule has 0 radical (unpaired) electrons. The fourth-order valence-electron chi connectivity index (χ4n) is 4.75. The topological polar surface area (TPSA) is 32.3 Å². The number of rotatable bonds is 2. The van der Waals surface area contributed by atoms with E-state index in [1.54, 1.807) is 0 Å². The number of piperidine rings is 1. The first-order chi connectivity index (χ1) is 9.63. The molecule has 1 aliphatic carbocycles. The molecule has 3 nitrogen and oxygen atoms in total. The third kappa shape index (κ3) is 3.10. The summed E-state index contributed by atoms with van der Waals surface area (Å²) < 4.78 is 0. The summed E-state index contributed by atoms with van der Waals surface area (Å²) in [5, 5.41) is 3.50. The van der Waals surface area contributed by atoms with Gasteiger partial charge in [0.2, 0.25) is 5.91 Å². The van der Waals surface area contributed by atoms with Gasteiger partial charge in [-0.05, 0) is 50.0 Å². The number of carbonyl (C=O) groups is 1. The molecule has 4 heteroatoms. The van der Waals surface area contributed by atoms with Crippen molar-refractivity contribution >= 4 is 18.3 Å². The molecular weight excluding hydrogens is 284 g/mol. The maximum Gasteiger partial charge on any atom is 0.230 e. The Bertz CT molecular complexity index is 366. The summed E-state index contributed by atoms with van der Waals surface area (Å²) in [6.45, 7) is 8.62. The van der Waals surface area contributed by atoms with Crippen molar-refractivity contribution in [3.05, 3.63) is 0 Å². The number of halogens is 1. The number of carbonyl (C=O) groups excluding carboxylic acids is 1. The standard InChI is InChI=1S/C17H30N2O.ClH/c1-13(2)14-6-9-19(10-7-14)16(20)17-8-4-3-5-15(17)11-18-12-17;/h13-15,18H,3-12H2,1-2H3;1H/t15-,17+;/m0./s1. The Morgan fingerprint density at radius 1 is 1.19 bits per heavy atom. The number of nitrogens with one attached hydrogen (secondary N) is 1. The van der Waals surface area contributed by atoms with Crippen molar-refractivity contribution in [1.82, 2.24) is 10.2 Å². The van der Waals surface area contributed by atoms with Crippen LogP contribution in [0.4, 0.5) is 0 Å². The Kier molecular flexibility index (Phi) is 5.59. The van der Waals surface area contributed by atoms with Crippen molar-refractivity contribution in [2.45, 2.75) is 52.4 Å². The molecule has 2 saturated heterocycles. The van der Waals surface area contributed by atoms with Crippen LogP contribution >= 0.6 is 12.4 Å². The lowest BCUT2D eigenvalue weighted by Gasteiger charge is -2.43. The molecule has 3 aliphatic rings. The molecule has 0 unspecified atom stereocenters. The molecule has 2 atom stereocenters. The van der Waals surface area contributed by atoms with Crippen LogP contribution in [0.2, 0.25) is 0 Å². The van der Waals surface area contributed by atoms with Crippen molar-refractivity contribution in [3.8, 4) is 0 Å². The van der Waals surface area contributed by atoms with Crippen LogP contribution < -0.4 is 5.32 Å². The van der Waals surface area contributed by atoms with Crippen LogP contribution in [0.25, 0.3) is 0 Å². The van der Waals surface area contributed by atoms with E-state index in [1.165, 1.54) is 32.1 Å². The smallest absolute Gasteiger partial charge is 0.230 e. The number of hydrogen-bond acceptors (Lipinski definition) is 2. The van der Waals surface area contributed by atoms with Gasteiger partial charge in [-0.2, -0.15) is 0 Å². The Labute approximate surface area is 135 Å². The molecule has 2 aliphatic heterocycles. The van der Waals surface area contributed by atoms with Gasteiger partial charge in [0, 0.05) is 19.6 Å². The molecule has 0 aromatic heterocycles. The Morgan fingerprint density at radius 3 is 2.57 bits per heavy atom. The van der Waals surface area contributed by atoms with Gasteiger partial charge in [-0.25, -0.2) is 0 Å². The van der Waals surface area contributed by atoms with Crippen LogP contribution in [0.5, 0.6) is 0 Å². The molecular formula is C17H31ClN2O. The fraction of sp³-hybridized carbons (Fsp3) is 0.941. The van der Waals surface area contributed by atoms with Crippen molar-refractivity contribution in [3.63, 3.8) is 0 Å². The van der Waals surface area contributed by atoms with Gasteiger partial charge in [0.25, 0.3) is 0 Å². The number of hydrogen-bond donors (Lipinski definition) is 1. The maximum atomic E-state index is 13.1. The van der Waals surface area contributed by atoms with Gasteiger partial charge < -0.3 is 10.2 Å². The average molecular weight is 315 g/mol. The van der Waals surface area contributed by atoms with Gasteiger partial charge in [-0.15, -0.1) is 12.4 Å². The third-order valence-corrected chi connectivity index (χ3v) is 6.23. The largest absolute Gasteiger partial charge is 0.342 e. The van der Waals surface area contributed by atoms with Gasteiger partial charge in [0.15, 0.2) is 0 Å². The Hall–Kier alpha value is -0.280. The van der Waals surface area contributed by atoms with E-state index in [0.29, 0.717) is 11.8 Å². The zero-order valence-electron chi connectivity index (χ0n) is 13.6. The second kappa shape index (κ2) is 6.87. The van der Waals surface area contributed by atoms with Crippen molar-refractivity contribution in [1.29, 1.82) is 0 Å². The van der Waals surface area contributed by atoms with E-state index in [4.69, 9.17) is 0 Å². The second-order valence-electron chi connectivity index (χ2n) is 7.60. The SMILES string of the molecule is CC(C)C1CCN(C(=O)[C@@]23CCCC[C@H]2CNC3)CC1.Cl. The molecule has 1 N–H and O–H groups in total. The van der Waals surface area contributed by atoms with E-state index >= 15 is 0 Å². The lowest BCUT2D eigenvalue weighted by Crippen LogP contribution is -2.52. The van der Waals surface area contributed by atoms with Gasteiger partial charge in [0.1, 0.15) is 0 Å². The van der Waals surface area contributed by atoms with E-state index in [2.05, 4.69) is 24.1 Å². The van der Waals surface area contributed by atoms with E-state index in [1.807, 2.05) is 0 Å². The van der Waals surface area contributed by atoms with Crippen LogP contribution in [-0.4, -0.2) is 37.0 Å². The number of likely N-dealkylation sites (tertiary alicyclic amines) is 1. The second-order valence-corrected chi connectivity index (χ2v) is 7.60. The van der Waals surface area contributed by atoms with E-state index < -0.39 is 0 Å². The summed E-state index contributed by atoms with van der Waals surface area (Å²) in [6.07, 6.45) is 7.34. The molecule has 1 saturated carbocycles. The summed E-state index contributed by atoms with van der Waals surface area (Å²) >= 11 is 0. The molecule has 3 fully saturated rings. The van der Waals surface area contributed by atoms with Crippen LogP contribution in [0.3, 0.4) is 0 Å². The lowest BCUT2D eigenvalue weighted by atomic mass is 9.67. The highest BCUT2D eigenvalue weighted by atomic mass is 35.5. The highest BCUT2D eigenvalue weighted by Gasteiger charge is 2.51. The van der Waals surface area contributed by atoms with Gasteiger partial charge >= 0.3 is 0 Å². The van der Waals surface area contributed by atoms with E-state index in [9.17, 15) is 4.79 Å². The number of nitrogens with zero attached hydrogens (tertiary/aromatic N) is 1. The molecule has 0 bridgehead atoms. The molecule has 21 heavy (non-hydrogen) atoms. The van der Waals surface area contributed by atoms with Gasteiger partial charge in [-0.3, -0.25) is 4.79 Å². The molecule has 3 rings (SSSR count). The number of fused-ring (bicyclic) bond motifs is 1. The van der Waals surface area contributed by atoms with Crippen LogP contribution in [0.1, 0.15) is 52.4 Å². The summed E-state index contributed by atoms with van der Waals surface area (Å²) in [7, 11) is 0. The van der Waals surface area contributed by atoms with Gasteiger partial charge in [-0.1, -0.05) is 26.7 Å². The Morgan fingerprint density at radius 2 is 1.90 bits per heavy atom. The third-order valence-electron chi connectivity index (χ3n) is 6.23. The Balaban J connectivity index is 0.00000161. The fourth-order valence-corrected chi connectivity index (χ4v) is 4.75. The minimum absolute atomic E-state index is 0. The van der Waals surface area contributed by atoms with Crippen molar-refractivity contribution in [2.75, 3.05) is 26.2 Å².